The molecule has 0 aliphatic heterocycles. The number of hydrogen-bond acceptors (Lipinski definition) is 1. The van der Waals surface area contributed by atoms with Gasteiger partial charge in [0.15, 0.2) is 0 Å². The second kappa shape index (κ2) is 6.77. The van der Waals surface area contributed by atoms with Crippen LogP contribution < -0.4 is 0 Å². The third kappa shape index (κ3) is 2.66. The topological polar surface area (TPSA) is 17.8 Å². The minimum atomic E-state index is 0.469. The van der Waals surface area contributed by atoms with E-state index in [1.807, 2.05) is 0 Å². The molecule has 0 N–H and O–H groups in total. The summed E-state index contributed by atoms with van der Waals surface area (Å²) in [5, 5.41) is 0. The van der Waals surface area contributed by atoms with Gasteiger partial charge in [-0.05, 0) is 46.8 Å². The molecule has 4 heteroatoms. The molecule has 2 rings (SSSR count). The molecule has 0 aliphatic carbocycles. The van der Waals surface area contributed by atoms with Crippen molar-refractivity contribution >= 4 is 27.5 Å². The summed E-state index contributed by atoms with van der Waals surface area (Å²) >= 11 is 9.62. The van der Waals surface area contributed by atoms with E-state index < -0.39 is 0 Å². The maximum absolute atomic E-state index is 6.07. The van der Waals surface area contributed by atoms with Crippen LogP contribution in [0.1, 0.15) is 37.6 Å². The quantitative estimate of drug-likeness (QED) is 0.674. The molecule has 0 saturated carbocycles. The van der Waals surface area contributed by atoms with Crippen molar-refractivity contribution in [3.63, 3.8) is 0 Å². The number of hydrogen-bond donors (Lipinski definition) is 0. The molecule has 0 amide bonds. The van der Waals surface area contributed by atoms with E-state index in [2.05, 4.69) is 59.5 Å². The van der Waals surface area contributed by atoms with Crippen LogP contribution in [0.3, 0.4) is 0 Å². The Hall–Kier alpha value is -0.800. The Kier molecular flexibility index (Phi) is 5.28. The largest absolute Gasteiger partial charge is 0.326 e. The first-order valence-corrected chi connectivity index (χ1v) is 8.42. The summed E-state index contributed by atoms with van der Waals surface area (Å²) in [7, 11) is 0. The van der Waals surface area contributed by atoms with Crippen LogP contribution in [0.15, 0.2) is 22.8 Å². The molecule has 0 bridgehead atoms. The summed E-state index contributed by atoms with van der Waals surface area (Å²) in [6.45, 7) is 7.38. The SMILES string of the molecule is CCc1cccc(CC)c1-c1nc(Br)c(CCl)n1CC. The number of aromatic nitrogens is 2. The van der Waals surface area contributed by atoms with E-state index in [1.165, 1.54) is 16.7 Å². The first-order valence-electron chi connectivity index (χ1n) is 7.09. The number of nitrogens with zero attached hydrogens (tertiary/aromatic N) is 2. The Morgan fingerprint density at radius 2 is 1.75 bits per heavy atom. The molecule has 0 saturated heterocycles. The molecule has 2 aromatic rings. The minimum absolute atomic E-state index is 0.469. The lowest BCUT2D eigenvalue weighted by Crippen LogP contribution is -2.05. The van der Waals surface area contributed by atoms with Gasteiger partial charge in [-0.3, -0.25) is 0 Å². The fraction of sp³-hybridized carbons (Fsp3) is 0.438. The standard InChI is InChI=1S/C16H20BrClN2/c1-4-11-8-7-9-12(5-2)14(11)16-19-15(17)13(10-18)20(16)6-3/h7-9H,4-6,10H2,1-3H3. The smallest absolute Gasteiger partial charge is 0.142 e. The molecular formula is C16H20BrClN2. The summed E-state index contributed by atoms with van der Waals surface area (Å²) in [6, 6.07) is 6.52. The summed E-state index contributed by atoms with van der Waals surface area (Å²) in [5.74, 6) is 1.50. The van der Waals surface area contributed by atoms with Crippen molar-refractivity contribution in [3.05, 3.63) is 39.6 Å². The van der Waals surface area contributed by atoms with Crippen LogP contribution >= 0.6 is 27.5 Å². The molecule has 20 heavy (non-hydrogen) atoms. The lowest BCUT2D eigenvalue weighted by molar-refractivity contribution is 0.738. The van der Waals surface area contributed by atoms with E-state index in [0.29, 0.717) is 5.88 Å². The summed E-state index contributed by atoms with van der Waals surface area (Å²) in [5.41, 5.74) is 5.02. The number of imidazole rings is 1. The molecule has 0 unspecified atom stereocenters. The maximum Gasteiger partial charge on any atom is 0.142 e. The number of halogens is 2. The fourth-order valence-electron chi connectivity index (χ4n) is 2.65. The summed E-state index contributed by atoms with van der Waals surface area (Å²) in [4.78, 5) is 4.73. The van der Waals surface area contributed by atoms with Gasteiger partial charge in [0.1, 0.15) is 10.4 Å². The summed E-state index contributed by atoms with van der Waals surface area (Å²) in [6.07, 6.45) is 2.02. The molecule has 0 spiro atoms. The van der Waals surface area contributed by atoms with Gasteiger partial charge in [0, 0.05) is 12.1 Å². The van der Waals surface area contributed by atoms with E-state index in [9.17, 15) is 0 Å². The van der Waals surface area contributed by atoms with E-state index >= 15 is 0 Å². The lowest BCUT2D eigenvalue weighted by atomic mass is 9.97. The van der Waals surface area contributed by atoms with E-state index in [4.69, 9.17) is 16.6 Å². The zero-order valence-corrected chi connectivity index (χ0v) is 14.6. The zero-order chi connectivity index (χ0) is 14.7. The first kappa shape index (κ1) is 15.6. The van der Waals surface area contributed by atoms with E-state index in [0.717, 1.165) is 35.5 Å². The van der Waals surface area contributed by atoms with Crippen LogP contribution in [-0.4, -0.2) is 9.55 Å². The van der Waals surface area contributed by atoms with E-state index in [1.54, 1.807) is 0 Å². The van der Waals surface area contributed by atoms with Gasteiger partial charge in [0.05, 0.1) is 11.6 Å². The molecule has 0 fully saturated rings. The number of rotatable bonds is 5. The third-order valence-electron chi connectivity index (χ3n) is 3.69. The van der Waals surface area contributed by atoms with Gasteiger partial charge in [0.2, 0.25) is 0 Å². The van der Waals surface area contributed by atoms with Crippen molar-refractivity contribution in [2.24, 2.45) is 0 Å². The second-order valence-corrected chi connectivity index (χ2v) is 5.73. The minimum Gasteiger partial charge on any atom is -0.326 e. The molecule has 1 heterocycles. The highest BCUT2D eigenvalue weighted by atomic mass is 79.9. The number of aryl methyl sites for hydroxylation is 2. The van der Waals surface area contributed by atoms with Gasteiger partial charge in [-0.25, -0.2) is 4.98 Å². The van der Waals surface area contributed by atoms with Gasteiger partial charge >= 0.3 is 0 Å². The molecule has 0 atom stereocenters. The van der Waals surface area contributed by atoms with Crippen LogP contribution in [0.5, 0.6) is 0 Å². The fourth-order valence-corrected chi connectivity index (χ4v) is 3.60. The van der Waals surface area contributed by atoms with Crippen molar-refractivity contribution in [1.82, 2.24) is 9.55 Å². The van der Waals surface area contributed by atoms with Crippen molar-refractivity contribution in [3.8, 4) is 11.4 Å². The van der Waals surface area contributed by atoms with Gasteiger partial charge in [-0.2, -0.15) is 0 Å². The Bertz CT molecular complexity index is 583. The van der Waals surface area contributed by atoms with Crippen molar-refractivity contribution in [2.45, 2.75) is 46.0 Å². The Morgan fingerprint density at radius 1 is 1.15 bits per heavy atom. The van der Waals surface area contributed by atoms with Crippen LogP contribution in [0.4, 0.5) is 0 Å². The van der Waals surface area contributed by atoms with Crippen LogP contribution in [0, 0.1) is 0 Å². The van der Waals surface area contributed by atoms with Crippen molar-refractivity contribution in [2.75, 3.05) is 0 Å². The molecule has 0 radical (unpaired) electrons. The number of benzene rings is 1. The highest BCUT2D eigenvalue weighted by Gasteiger charge is 2.19. The highest BCUT2D eigenvalue weighted by Crippen LogP contribution is 2.32. The molecule has 108 valence electrons. The Balaban J connectivity index is 2.74. The monoisotopic (exact) mass is 354 g/mol. The number of alkyl halides is 1. The van der Waals surface area contributed by atoms with Gasteiger partial charge < -0.3 is 4.57 Å². The summed E-state index contributed by atoms with van der Waals surface area (Å²) < 4.78 is 3.07. The highest BCUT2D eigenvalue weighted by molar-refractivity contribution is 9.10. The maximum atomic E-state index is 6.07. The molecule has 1 aromatic carbocycles. The Labute approximate surface area is 134 Å². The van der Waals surface area contributed by atoms with Crippen LogP contribution in [0.25, 0.3) is 11.4 Å². The van der Waals surface area contributed by atoms with Crippen LogP contribution in [0.2, 0.25) is 0 Å². The van der Waals surface area contributed by atoms with Crippen molar-refractivity contribution < 1.29 is 0 Å². The second-order valence-electron chi connectivity index (χ2n) is 4.71. The van der Waals surface area contributed by atoms with Gasteiger partial charge in [-0.1, -0.05) is 32.0 Å². The van der Waals surface area contributed by atoms with Crippen molar-refractivity contribution in [1.29, 1.82) is 0 Å². The van der Waals surface area contributed by atoms with Gasteiger partial charge in [0.25, 0.3) is 0 Å². The Morgan fingerprint density at radius 3 is 2.20 bits per heavy atom. The lowest BCUT2D eigenvalue weighted by Gasteiger charge is -2.15. The normalized spacial score (nSPS) is 11.1. The van der Waals surface area contributed by atoms with Gasteiger partial charge in [-0.15, -0.1) is 11.6 Å². The van der Waals surface area contributed by atoms with E-state index in [-0.39, 0.29) is 0 Å². The molecule has 0 aliphatic rings. The molecular weight excluding hydrogens is 336 g/mol. The predicted molar refractivity (Wildman–Crippen MR) is 89.4 cm³/mol. The zero-order valence-electron chi connectivity index (χ0n) is 12.2. The van der Waals surface area contributed by atoms with Crippen LogP contribution in [-0.2, 0) is 25.3 Å². The third-order valence-corrected chi connectivity index (χ3v) is 4.58. The molecule has 1 aromatic heterocycles. The molecule has 2 nitrogen and oxygen atoms in total. The average Bonchev–Trinajstić information content (AvgIpc) is 2.81. The first-order chi connectivity index (χ1) is 9.67. The average molecular weight is 356 g/mol. The predicted octanol–water partition coefficient (Wildman–Crippen LogP) is 5.20.